The zero-order valence-electron chi connectivity index (χ0n) is 13.6. The number of allylic oxidation sites excluding steroid dienone is 1. The van der Waals surface area contributed by atoms with E-state index >= 15 is 0 Å². The summed E-state index contributed by atoms with van der Waals surface area (Å²) < 4.78 is 7.73. The van der Waals surface area contributed by atoms with Crippen LogP contribution in [0.1, 0.15) is 30.3 Å². The molecule has 2 heterocycles. The summed E-state index contributed by atoms with van der Waals surface area (Å²) in [5.41, 5.74) is 1.78. The second-order valence-electron chi connectivity index (χ2n) is 5.95. The Morgan fingerprint density at radius 3 is 2.80 bits per heavy atom. The SMILES string of the molecule is C=CCn1c(SCc2coc(-c3ccc(Cl)cc3)n2)nnc1C1CC1. The Kier molecular flexibility index (Phi) is 4.63. The predicted molar refractivity (Wildman–Crippen MR) is 98.7 cm³/mol. The normalized spacial score (nSPS) is 14.0. The van der Waals surface area contributed by atoms with E-state index in [2.05, 4.69) is 26.3 Å². The third-order valence-corrected chi connectivity index (χ3v) is 5.24. The van der Waals surface area contributed by atoms with Crippen molar-refractivity contribution in [2.24, 2.45) is 0 Å². The smallest absolute Gasteiger partial charge is 0.226 e. The largest absolute Gasteiger partial charge is 0.444 e. The first-order valence-corrected chi connectivity index (χ1v) is 9.48. The third-order valence-electron chi connectivity index (χ3n) is 3.99. The molecule has 0 bridgehead atoms. The molecule has 0 atom stereocenters. The van der Waals surface area contributed by atoms with Gasteiger partial charge in [0.25, 0.3) is 0 Å². The minimum Gasteiger partial charge on any atom is -0.444 e. The first-order chi connectivity index (χ1) is 12.2. The highest BCUT2D eigenvalue weighted by Gasteiger charge is 2.30. The lowest BCUT2D eigenvalue weighted by Gasteiger charge is -2.05. The van der Waals surface area contributed by atoms with Gasteiger partial charge < -0.3 is 8.98 Å². The van der Waals surface area contributed by atoms with E-state index in [1.807, 2.05) is 30.3 Å². The lowest BCUT2D eigenvalue weighted by Crippen LogP contribution is -2.02. The van der Waals surface area contributed by atoms with E-state index < -0.39 is 0 Å². The molecule has 128 valence electrons. The molecule has 25 heavy (non-hydrogen) atoms. The fraction of sp³-hybridized carbons (Fsp3) is 0.278. The summed E-state index contributed by atoms with van der Waals surface area (Å²) in [6.45, 7) is 4.57. The van der Waals surface area contributed by atoms with Gasteiger partial charge in [-0.1, -0.05) is 29.4 Å². The number of hydrogen-bond acceptors (Lipinski definition) is 5. The predicted octanol–water partition coefficient (Wildman–Crippen LogP) is 4.94. The van der Waals surface area contributed by atoms with Crippen LogP contribution in [0.25, 0.3) is 11.5 Å². The van der Waals surface area contributed by atoms with Crippen LogP contribution in [-0.4, -0.2) is 19.7 Å². The Morgan fingerprint density at radius 2 is 2.08 bits per heavy atom. The van der Waals surface area contributed by atoms with Crippen LogP contribution in [0.5, 0.6) is 0 Å². The van der Waals surface area contributed by atoms with E-state index in [-0.39, 0.29) is 0 Å². The average molecular weight is 373 g/mol. The minimum absolute atomic E-state index is 0.561. The maximum Gasteiger partial charge on any atom is 0.226 e. The monoisotopic (exact) mass is 372 g/mol. The standard InChI is InChI=1S/C18H17ClN4OS/c1-2-9-23-16(12-3-4-12)21-22-18(23)25-11-15-10-24-17(20-15)13-5-7-14(19)8-6-13/h2,5-8,10,12H,1,3-4,9,11H2. The zero-order valence-corrected chi connectivity index (χ0v) is 15.1. The molecule has 0 spiro atoms. The van der Waals surface area contributed by atoms with Gasteiger partial charge in [0.2, 0.25) is 5.89 Å². The lowest BCUT2D eigenvalue weighted by molar-refractivity contribution is 0.573. The summed E-state index contributed by atoms with van der Waals surface area (Å²) in [7, 11) is 0. The Labute approximate surface area is 155 Å². The zero-order chi connectivity index (χ0) is 17.2. The highest BCUT2D eigenvalue weighted by molar-refractivity contribution is 7.98. The molecule has 3 aromatic rings. The maximum absolute atomic E-state index is 5.91. The lowest BCUT2D eigenvalue weighted by atomic mass is 10.2. The second kappa shape index (κ2) is 7.06. The summed E-state index contributed by atoms with van der Waals surface area (Å²) >= 11 is 7.53. The van der Waals surface area contributed by atoms with E-state index in [1.54, 1.807) is 18.0 Å². The van der Waals surface area contributed by atoms with E-state index in [1.165, 1.54) is 12.8 Å². The highest BCUT2D eigenvalue weighted by atomic mass is 35.5. The summed E-state index contributed by atoms with van der Waals surface area (Å²) in [6, 6.07) is 7.45. The van der Waals surface area contributed by atoms with Gasteiger partial charge in [-0.2, -0.15) is 0 Å². The Hall–Kier alpha value is -2.05. The molecule has 0 N–H and O–H groups in total. The number of benzene rings is 1. The molecular weight excluding hydrogens is 356 g/mol. The van der Waals surface area contributed by atoms with Crippen molar-refractivity contribution in [2.75, 3.05) is 0 Å². The van der Waals surface area contributed by atoms with Crippen molar-refractivity contribution in [1.29, 1.82) is 0 Å². The fourth-order valence-electron chi connectivity index (χ4n) is 2.59. The molecule has 0 amide bonds. The van der Waals surface area contributed by atoms with Crippen LogP contribution in [-0.2, 0) is 12.3 Å². The molecule has 1 aliphatic carbocycles. The molecule has 2 aromatic heterocycles. The van der Waals surface area contributed by atoms with Gasteiger partial charge in [-0.05, 0) is 37.1 Å². The molecular formula is C18H17ClN4OS. The van der Waals surface area contributed by atoms with E-state index in [0.717, 1.165) is 28.8 Å². The second-order valence-corrected chi connectivity index (χ2v) is 7.33. The van der Waals surface area contributed by atoms with Crippen LogP contribution >= 0.6 is 23.4 Å². The molecule has 0 unspecified atom stereocenters. The maximum atomic E-state index is 5.91. The van der Waals surface area contributed by atoms with Crippen molar-refractivity contribution in [3.63, 3.8) is 0 Å². The first-order valence-electron chi connectivity index (χ1n) is 8.11. The summed E-state index contributed by atoms with van der Waals surface area (Å²) in [5, 5.41) is 10.3. The summed E-state index contributed by atoms with van der Waals surface area (Å²) in [6.07, 6.45) is 5.97. The van der Waals surface area contributed by atoms with Crippen molar-refractivity contribution < 1.29 is 4.42 Å². The molecule has 7 heteroatoms. The number of rotatable bonds is 7. The Balaban J connectivity index is 1.47. The van der Waals surface area contributed by atoms with E-state index in [4.69, 9.17) is 16.0 Å². The fourth-order valence-corrected chi connectivity index (χ4v) is 3.55. The van der Waals surface area contributed by atoms with Crippen molar-refractivity contribution in [1.82, 2.24) is 19.7 Å². The molecule has 1 aromatic carbocycles. The van der Waals surface area contributed by atoms with Crippen molar-refractivity contribution >= 4 is 23.4 Å². The number of thioether (sulfide) groups is 1. The van der Waals surface area contributed by atoms with Crippen molar-refractivity contribution in [2.45, 2.75) is 36.2 Å². The van der Waals surface area contributed by atoms with Crippen LogP contribution in [0.2, 0.25) is 5.02 Å². The number of aromatic nitrogens is 4. The molecule has 1 aliphatic rings. The number of hydrogen-bond donors (Lipinski definition) is 0. The van der Waals surface area contributed by atoms with Crippen LogP contribution in [0.15, 0.2) is 52.8 Å². The molecule has 4 rings (SSSR count). The van der Waals surface area contributed by atoms with Crippen LogP contribution in [0.4, 0.5) is 0 Å². The summed E-state index contributed by atoms with van der Waals surface area (Å²) in [4.78, 5) is 4.55. The summed E-state index contributed by atoms with van der Waals surface area (Å²) in [5.74, 6) is 2.91. The first kappa shape index (κ1) is 16.4. The number of nitrogens with zero attached hydrogens (tertiary/aromatic N) is 4. The molecule has 5 nitrogen and oxygen atoms in total. The van der Waals surface area contributed by atoms with Crippen LogP contribution in [0, 0.1) is 0 Å². The van der Waals surface area contributed by atoms with Gasteiger partial charge in [-0.3, -0.25) is 0 Å². The van der Waals surface area contributed by atoms with Gasteiger partial charge >= 0.3 is 0 Å². The molecule has 0 saturated heterocycles. The van der Waals surface area contributed by atoms with Crippen molar-refractivity contribution in [3.8, 4) is 11.5 Å². The highest BCUT2D eigenvalue weighted by Crippen LogP contribution is 2.40. The van der Waals surface area contributed by atoms with Gasteiger partial charge in [0.1, 0.15) is 12.1 Å². The quantitative estimate of drug-likeness (QED) is 0.434. The van der Waals surface area contributed by atoms with Gasteiger partial charge in [0, 0.05) is 28.8 Å². The number of oxazole rings is 1. The van der Waals surface area contributed by atoms with Gasteiger partial charge in [-0.15, -0.1) is 16.8 Å². The van der Waals surface area contributed by atoms with Crippen molar-refractivity contribution in [3.05, 3.63) is 59.7 Å². The Bertz CT molecular complexity index is 883. The molecule has 0 aliphatic heterocycles. The molecule has 1 saturated carbocycles. The molecule has 1 fully saturated rings. The topological polar surface area (TPSA) is 56.7 Å². The van der Waals surface area contributed by atoms with E-state index in [9.17, 15) is 0 Å². The van der Waals surface area contributed by atoms with E-state index in [0.29, 0.717) is 22.6 Å². The Morgan fingerprint density at radius 1 is 1.28 bits per heavy atom. The molecule has 0 radical (unpaired) electrons. The third kappa shape index (κ3) is 3.65. The van der Waals surface area contributed by atoms with Gasteiger partial charge in [-0.25, -0.2) is 4.98 Å². The number of halogens is 1. The average Bonchev–Trinajstić information content (AvgIpc) is 3.22. The van der Waals surface area contributed by atoms with Crippen LogP contribution < -0.4 is 0 Å². The van der Waals surface area contributed by atoms with Gasteiger partial charge in [0.05, 0.1) is 5.69 Å². The minimum atomic E-state index is 0.561. The van der Waals surface area contributed by atoms with Crippen LogP contribution in [0.3, 0.4) is 0 Å². The van der Waals surface area contributed by atoms with Gasteiger partial charge in [0.15, 0.2) is 5.16 Å².